The van der Waals surface area contributed by atoms with E-state index in [1.165, 1.54) is 5.56 Å². The van der Waals surface area contributed by atoms with E-state index in [2.05, 4.69) is 20.2 Å². The molecule has 0 unspecified atom stereocenters. The predicted molar refractivity (Wildman–Crippen MR) is 65.8 cm³/mol. The van der Waals surface area contributed by atoms with Crippen LogP contribution in [0.3, 0.4) is 0 Å². The minimum absolute atomic E-state index is 0.855. The lowest BCUT2D eigenvalue weighted by atomic mass is 10.1. The molecular formula is C12H14N4O. The van der Waals surface area contributed by atoms with Gasteiger partial charge in [0, 0.05) is 17.6 Å². The summed E-state index contributed by atoms with van der Waals surface area (Å²) < 4.78 is 4.93. The van der Waals surface area contributed by atoms with E-state index in [1.807, 2.05) is 33.2 Å². The Balaban J connectivity index is 2.38. The maximum Gasteiger partial charge on any atom is 0.142 e. The molecule has 0 fully saturated rings. The van der Waals surface area contributed by atoms with Crippen LogP contribution in [0.15, 0.2) is 16.8 Å². The van der Waals surface area contributed by atoms with E-state index >= 15 is 0 Å². The zero-order valence-corrected chi connectivity index (χ0v) is 10.1. The van der Waals surface area contributed by atoms with Gasteiger partial charge in [0.1, 0.15) is 11.0 Å². The van der Waals surface area contributed by atoms with Gasteiger partial charge in [0.2, 0.25) is 0 Å². The Kier molecular flexibility index (Phi) is 2.16. The Morgan fingerprint density at radius 3 is 2.94 bits per heavy atom. The number of benzene rings is 1. The molecular weight excluding hydrogens is 216 g/mol. The summed E-state index contributed by atoms with van der Waals surface area (Å²) in [6.07, 6.45) is 0. The van der Waals surface area contributed by atoms with Crippen LogP contribution in [0, 0.1) is 6.92 Å². The topological polar surface area (TPSA) is 58.0 Å². The van der Waals surface area contributed by atoms with E-state index in [1.54, 1.807) is 0 Å². The molecule has 88 valence electrons. The number of aromatic amines is 1. The Morgan fingerprint density at radius 1 is 1.35 bits per heavy atom. The average molecular weight is 230 g/mol. The first kappa shape index (κ1) is 10.3. The highest BCUT2D eigenvalue weighted by Gasteiger charge is 2.15. The summed E-state index contributed by atoms with van der Waals surface area (Å²) in [4.78, 5) is 6.70. The average Bonchev–Trinajstić information content (AvgIpc) is 2.83. The van der Waals surface area contributed by atoms with Gasteiger partial charge in [-0.25, -0.2) is 0 Å². The summed E-state index contributed by atoms with van der Waals surface area (Å²) >= 11 is 0. The van der Waals surface area contributed by atoms with E-state index < -0.39 is 0 Å². The summed E-state index contributed by atoms with van der Waals surface area (Å²) in [6.45, 7) is 2.89. The summed E-state index contributed by atoms with van der Waals surface area (Å²) in [7, 11) is 4.10. The highest BCUT2D eigenvalue weighted by atomic mass is 16.6. The number of nitrogens with zero attached hydrogens (tertiary/aromatic N) is 3. The first-order valence-corrected chi connectivity index (χ1v) is 5.53. The van der Waals surface area contributed by atoms with Gasteiger partial charge >= 0.3 is 0 Å². The molecule has 2 aromatic heterocycles. The molecule has 17 heavy (non-hydrogen) atoms. The molecule has 0 spiro atoms. The third-order valence-electron chi connectivity index (χ3n) is 2.95. The van der Waals surface area contributed by atoms with Crippen LogP contribution >= 0.6 is 0 Å². The number of aromatic nitrogens is 3. The Morgan fingerprint density at radius 2 is 2.18 bits per heavy atom. The van der Waals surface area contributed by atoms with Crippen molar-refractivity contribution in [2.75, 3.05) is 14.1 Å². The Labute approximate surface area is 98.4 Å². The number of hydrogen-bond acceptors (Lipinski definition) is 4. The second kappa shape index (κ2) is 3.56. The van der Waals surface area contributed by atoms with Crippen molar-refractivity contribution in [3.8, 4) is 0 Å². The molecule has 0 amide bonds. The van der Waals surface area contributed by atoms with Crippen molar-refractivity contribution >= 4 is 21.9 Å². The van der Waals surface area contributed by atoms with Gasteiger partial charge in [0.05, 0.1) is 5.52 Å². The van der Waals surface area contributed by atoms with Crippen molar-refractivity contribution in [1.29, 1.82) is 0 Å². The fraction of sp³-hybridized carbons (Fsp3) is 0.333. The van der Waals surface area contributed by atoms with E-state index in [4.69, 9.17) is 4.63 Å². The van der Waals surface area contributed by atoms with Crippen LogP contribution in [0.5, 0.6) is 0 Å². The molecule has 0 saturated heterocycles. The zero-order chi connectivity index (χ0) is 12.0. The van der Waals surface area contributed by atoms with Gasteiger partial charge in [-0.2, -0.15) is 5.16 Å². The number of fused-ring (bicyclic) bond motifs is 3. The van der Waals surface area contributed by atoms with Crippen molar-refractivity contribution < 1.29 is 4.63 Å². The monoisotopic (exact) mass is 230 g/mol. The smallest absolute Gasteiger partial charge is 0.142 e. The van der Waals surface area contributed by atoms with E-state index in [0.717, 1.165) is 34.2 Å². The van der Waals surface area contributed by atoms with Crippen molar-refractivity contribution in [2.24, 2.45) is 0 Å². The van der Waals surface area contributed by atoms with Crippen LogP contribution < -0.4 is 0 Å². The van der Waals surface area contributed by atoms with E-state index in [-0.39, 0.29) is 0 Å². The van der Waals surface area contributed by atoms with Gasteiger partial charge in [-0.15, -0.1) is 0 Å². The van der Waals surface area contributed by atoms with Crippen molar-refractivity contribution in [3.05, 3.63) is 23.4 Å². The van der Waals surface area contributed by atoms with Crippen LogP contribution in [0.4, 0.5) is 0 Å². The molecule has 2 heterocycles. The highest BCUT2D eigenvalue weighted by molar-refractivity contribution is 6.04. The summed E-state index contributed by atoms with van der Waals surface area (Å²) in [6, 6.07) is 3.94. The second-order valence-electron chi connectivity index (χ2n) is 4.55. The third kappa shape index (κ3) is 1.51. The normalized spacial score (nSPS) is 12.0. The number of rotatable bonds is 2. The van der Waals surface area contributed by atoms with E-state index in [0.29, 0.717) is 0 Å². The molecule has 0 radical (unpaired) electrons. The van der Waals surface area contributed by atoms with Crippen LogP contribution in [0.1, 0.15) is 11.3 Å². The lowest BCUT2D eigenvalue weighted by Gasteiger charge is -2.09. The Hall–Kier alpha value is -1.88. The number of H-pyrrole nitrogens is 1. The molecule has 0 bridgehead atoms. The van der Waals surface area contributed by atoms with Crippen LogP contribution in [-0.4, -0.2) is 34.3 Å². The molecule has 1 aromatic carbocycles. The fourth-order valence-electron chi connectivity index (χ4n) is 2.20. The van der Waals surface area contributed by atoms with Crippen LogP contribution in [0.25, 0.3) is 21.9 Å². The van der Waals surface area contributed by atoms with Crippen molar-refractivity contribution in [3.63, 3.8) is 0 Å². The second-order valence-corrected chi connectivity index (χ2v) is 4.55. The Bertz CT molecular complexity index is 680. The number of hydrogen-bond donors (Lipinski definition) is 1. The standard InChI is InChI=1S/C12H14N4O/c1-7-8(6-16(2)3)11-9(13-7)4-5-10-12(11)15-17-14-10/h4-5,14H,6H2,1-3H3. The molecule has 0 atom stereocenters. The maximum atomic E-state index is 4.93. The zero-order valence-electron chi connectivity index (χ0n) is 10.1. The largest absolute Gasteiger partial charge is 0.305 e. The minimum atomic E-state index is 0.855. The summed E-state index contributed by atoms with van der Waals surface area (Å²) in [5, 5.41) is 7.91. The predicted octanol–water partition coefficient (Wildman–Crippen LogP) is 2.07. The SMILES string of the molecule is Cc1nc2ccc3[nH]onc3c2c1CN(C)C. The van der Waals surface area contributed by atoms with Gasteiger partial charge in [-0.1, -0.05) is 5.16 Å². The lowest BCUT2D eigenvalue weighted by Crippen LogP contribution is -2.11. The molecule has 3 aromatic rings. The highest BCUT2D eigenvalue weighted by Crippen LogP contribution is 2.28. The minimum Gasteiger partial charge on any atom is -0.305 e. The maximum absolute atomic E-state index is 4.93. The van der Waals surface area contributed by atoms with E-state index in [9.17, 15) is 0 Å². The molecule has 0 aliphatic rings. The molecule has 1 N–H and O–H groups in total. The molecule has 0 aliphatic heterocycles. The van der Waals surface area contributed by atoms with Crippen LogP contribution in [0.2, 0.25) is 0 Å². The molecule has 5 nitrogen and oxygen atoms in total. The van der Waals surface area contributed by atoms with Gasteiger partial charge < -0.3 is 4.90 Å². The van der Waals surface area contributed by atoms with Crippen molar-refractivity contribution in [1.82, 2.24) is 20.2 Å². The molecule has 3 rings (SSSR count). The van der Waals surface area contributed by atoms with Gasteiger partial charge in [-0.05, 0) is 38.7 Å². The molecule has 5 heteroatoms. The van der Waals surface area contributed by atoms with Gasteiger partial charge in [-0.3, -0.25) is 9.61 Å². The van der Waals surface area contributed by atoms with Gasteiger partial charge in [0.15, 0.2) is 0 Å². The lowest BCUT2D eigenvalue weighted by molar-refractivity contribution is 0.315. The summed E-state index contributed by atoms with van der Waals surface area (Å²) in [5.74, 6) is 0. The van der Waals surface area contributed by atoms with Gasteiger partial charge in [0.25, 0.3) is 0 Å². The molecule has 0 aliphatic carbocycles. The van der Waals surface area contributed by atoms with Crippen molar-refractivity contribution in [2.45, 2.75) is 13.5 Å². The molecule has 0 saturated carbocycles. The first-order chi connectivity index (χ1) is 8.16. The third-order valence-corrected chi connectivity index (χ3v) is 2.95. The van der Waals surface area contributed by atoms with Crippen LogP contribution in [-0.2, 0) is 6.54 Å². The first-order valence-electron chi connectivity index (χ1n) is 5.53. The number of nitrogens with one attached hydrogen (secondary N) is 1. The number of aryl methyl sites for hydroxylation is 1. The fourth-order valence-corrected chi connectivity index (χ4v) is 2.20. The summed E-state index contributed by atoms with van der Waals surface area (Å²) in [5.41, 5.74) is 5.03. The quantitative estimate of drug-likeness (QED) is 0.732.